The topological polar surface area (TPSA) is 75.7 Å². The largest absolute Gasteiger partial charge is 0.490 e. The first-order chi connectivity index (χ1) is 12.0. The minimum atomic E-state index is -0.664. The summed E-state index contributed by atoms with van der Waals surface area (Å²) >= 11 is 0. The number of rotatable bonds is 4. The molecule has 0 amide bonds. The lowest BCUT2D eigenvalue weighted by atomic mass is 10.1. The normalized spacial score (nSPS) is 14.7. The number of ether oxygens (including phenoxy) is 3. The number of carbonyl (C=O) groups is 1. The molecule has 1 atom stereocenters. The molecule has 3 rings (SSSR count). The smallest absolute Gasteiger partial charge is 0.322 e. The predicted octanol–water partition coefficient (Wildman–Crippen LogP) is 2.30. The van der Waals surface area contributed by atoms with Gasteiger partial charge in [-0.3, -0.25) is 4.79 Å². The summed E-state index contributed by atoms with van der Waals surface area (Å²) in [5.41, 5.74) is 10.1. The van der Waals surface area contributed by atoms with E-state index in [1.807, 2.05) is 32.0 Å². The molecule has 0 bridgehead atoms. The van der Waals surface area contributed by atoms with Crippen molar-refractivity contribution in [2.45, 2.75) is 32.7 Å². The van der Waals surface area contributed by atoms with E-state index in [0.717, 1.165) is 40.6 Å². The van der Waals surface area contributed by atoms with Crippen molar-refractivity contribution in [3.63, 3.8) is 0 Å². The van der Waals surface area contributed by atoms with Crippen LogP contribution in [0.15, 0.2) is 24.3 Å². The molecule has 1 aliphatic rings. The highest BCUT2D eigenvalue weighted by Gasteiger charge is 2.19. The highest BCUT2D eigenvalue weighted by atomic mass is 16.5. The highest BCUT2D eigenvalue weighted by molar-refractivity contribution is 5.75. The van der Waals surface area contributed by atoms with Crippen LogP contribution in [0.1, 0.15) is 23.4 Å². The van der Waals surface area contributed by atoms with Crippen LogP contribution in [0.3, 0.4) is 0 Å². The fourth-order valence-electron chi connectivity index (χ4n) is 3.20. The van der Waals surface area contributed by atoms with Gasteiger partial charge in [-0.25, -0.2) is 0 Å². The van der Waals surface area contributed by atoms with E-state index in [1.54, 1.807) is 0 Å². The van der Waals surface area contributed by atoms with E-state index >= 15 is 0 Å². The van der Waals surface area contributed by atoms with Crippen LogP contribution in [-0.4, -0.2) is 36.9 Å². The van der Waals surface area contributed by atoms with E-state index in [2.05, 4.69) is 10.6 Å². The number of hydrogen-bond donors (Lipinski definition) is 1. The van der Waals surface area contributed by atoms with Gasteiger partial charge in [0.2, 0.25) is 0 Å². The number of aromatic nitrogens is 1. The monoisotopic (exact) mass is 344 g/mol. The molecule has 2 N–H and O–H groups in total. The van der Waals surface area contributed by atoms with Gasteiger partial charge in [0, 0.05) is 36.0 Å². The van der Waals surface area contributed by atoms with Crippen LogP contribution in [0.5, 0.6) is 11.5 Å². The molecule has 1 unspecified atom stereocenters. The second kappa shape index (κ2) is 7.19. The minimum absolute atomic E-state index is 0.402. The van der Waals surface area contributed by atoms with Crippen LogP contribution in [0.25, 0.3) is 5.69 Å². The maximum absolute atomic E-state index is 11.6. The van der Waals surface area contributed by atoms with Gasteiger partial charge in [-0.05, 0) is 37.6 Å². The van der Waals surface area contributed by atoms with Gasteiger partial charge in [0.25, 0.3) is 0 Å². The maximum atomic E-state index is 11.6. The van der Waals surface area contributed by atoms with Gasteiger partial charge in [0.05, 0.1) is 20.3 Å². The molecule has 6 heteroatoms. The van der Waals surface area contributed by atoms with Crippen molar-refractivity contribution in [3.05, 3.63) is 41.2 Å². The van der Waals surface area contributed by atoms with Crippen LogP contribution < -0.4 is 15.2 Å². The molecular formula is C19H24N2O4. The lowest BCUT2D eigenvalue weighted by Crippen LogP contribution is -2.33. The molecule has 0 spiro atoms. The maximum Gasteiger partial charge on any atom is 0.322 e. The number of aryl methyl sites for hydroxylation is 1. The van der Waals surface area contributed by atoms with Gasteiger partial charge in [0.1, 0.15) is 6.04 Å². The Morgan fingerprint density at radius 2 is 1.96 bits per heavy atom. The molecule has 1 aromatic carbocycles. The minimum Gasteiger partial charge on any atom is -0.490 e. The van der Waals surface area contributed by atoms with Crippen LogP contribution >= 0.6 is 0 Å². The average molecular weight is 344 g/mol. The summed E-state index contributed by atoms with van der Waals surface area (Å²) in [5, 5.41) is 0. The molecular weight excluding hydrogens is 320 g/mol. The van der Waals surface area contributed by atoms with E-state index in [9.17, 15) is 4.79 Å². The second-order valence-electron chi connectivity index (χ2n) is 6.25. The third-order valence-electron chi connectivity index (χ3n) is 4.47. The summed E-state index contributed by atoms with van der Waals surface area (Å²) in [7, 11) is 1.35. The molecule has 0 radical (unpaired) electrons. The first kappa shape index (κ1) is 17.4. The molecule has 2 aromatic rings. The van der Waals surface area contributed by atoms with Crippen molar-refractivity contribution in [2.24, 2.45) is 5.73 Å². The van der Waals surface area contributed by atoms with E-state index in [1.165, 1.54) is 7.11 Å². The fraction of sp³-hybridized carbons (Fsp3) is 0.421. The first-order valence-corrected chi connectivity index (χ1v) is 8.42. The predicted molar refractivity (Wildman–Crippen MR) is 94.5 cm³/mol. The Labute approximate surface area is 147 Å². The Morgan fingerprint density at radius 3 is 2.68 bits per heavy atom. The van der Waals surface area contributed by atoms with Gasteiger partial charge < -0.3 is 24.5 Å². The second-order valence-corrected chi connectivity index (χ2v) is 6.25. The lowest BCUT2D eigenvalue weighted by Gasteiger charge is -2.14. The fourth-order valence-corrected chi connectivity index (χ4v) is 3.20. The van der Waals surface area contributed by atoms with Crippen molar-refractivity contribution in [2.75, 3.05) is 20.3 Å². The third-order valence-corrected chi connectivity index (χ3v) is 4.47. The average Bonchev–Trinajstić information content (AvgIpc) is 2.78. The first-order valence-electron chi connectivity index (χ1n) is 8.42. The number of hydrogen-bond acceptors (Lipinski definition) is 5. The summed E-state index contributed by atoms with van der Waals surface area (Å²) < 4.78 is 18.3. The van der Waals surface area contributed by atoms with Gasteiger partial charge in [0.15, 0.2) is 11.5 Å². The van der Waals surface area contributed by atoms with Crippen LogP contribution in [0.2, 0.25) is 0 Å². The van der Waals surface area contributed by atoms with Gasteiger partial charge in [-0.15, -0.1) is 0 Å². The molecule has 1 aromatic heterocycles. The molecule has 0 saturated heterocycles. The van der Waals surface area contributed by atoms with Crippen LogP contribution in [-0.2, 0) is 16.0 Å². The quantitative estimate of drug-likeness (QED) is 0.862. The summed E-state index contributed by atoms with van der Waals surface area (Å²) in [6, 6.07) is 7.33. The number of benzene rings is 1. The molecule has 0 fully saturated rings. The van der Waals surface area contributed by atoms with Crippen molar-refractivity contribution in [3.8, 4) is 17.2 Å². The number of nitrogens with zero attached hydrogens (tertiary/aromatic N) is 1. The van der Waals surface area contributed by atoms with Crippen molar-refractivity contribution < 1.29 is 19.0 Å². The molecule has 1 aliphatic heterocycles. The molecule has 0 saturated carbocycles. The van der Waals surface area contributed by atoms with Crippen LogP contribution in [0.4, 0.5) is 0 Å². The van der Waals surface area contributed by atoms with Crippen molar-refractivity contribution in [1.82, 2.24) is 4.57 Å². The Bertz CT molecular complexity index is 782. The molecule has 134 valence electrons. The van der Waals surface area contributed by atoms with E-state index in [-0.39, 0.29) is 0 Å². The number of carbonyl (C=O) groups excluding carboxylic acids is 1. The van der Waals surface area contributed by atoms with E-state index in [0.29, 0.717) is 19.6 Å². The Hall–Kier alpha value is -2.47. The highest BCUT2D eigenvalue weighted by Crippen LogP contribution is 2.33. The zero-order valence-electron chi connectivity index (χ0n) is 14.9. The molecule has 2 heterocycles. The Morgan fingerprint density at radius 1 is 1.24 bits per heavy atom. The van der Waals surface area contributed by atoms with Gasteiger partial charge >= 0.3 is 5.97 Å². The molecule has 6 nitrogen and oxygen atoms in total. The Kier molecular flexibility index (Phi) is 4.99. The van der Waals surface area contributed by atoms with Crippen LogP contribution in [0, 0.1) is 13.8 Å². The lowest BCUT2D eigenvalue weighted by molar-refractivity contribution is -0.142. The number of nitrogens with two attached hydrogens (primary N) is 1. The number of esters is 1. The summed E-state index contributed by atoms with van der Waals surface area (Å²) in [6.45, 7) is 5.38. The van der Waals surface area contributed by atoms with E-state index in [4.69, 9.17) is 19.9 Å². The SMILES string of the molecule is COC(=O)C(N)Cc1cc(C)n(-c2ccc3c(c2)OCCCO3)c1C. The van der Waals surface area contributed by atoms with Crippen molar-refractivity contribution in [1.29, 1.82) is 0 Å². The summed E-state index contributed by atoms with van der Waals surface area (Å²) in [5.74, 6) is 1.13. The van der Waals surface area contributed by atoms with Gasteiger partial charge in [-0.2, -0.15) is 0 Å². The van der Waals surface area contributed by atoms with Crippen molar-refractivity contribution >= 4 is 5.97 Å². The molecule has 0 aliphatic carbocycles. The zero-order valence-corrected chi connectivity index (χ0v) is 14.9. The zero-order chi connectivity index (χ0) is 18.0. The summed E-state index contributed by atoms with van der Waals surface area (Å²) in [6.07, 6.45) is 1.32. The van der Waals surface area contributed by atoms with E-state index < -0.39 is 12.0 Å². The number of fused-ring (bicyclic) bond motifs is 1. The number of methoxy groups -OCH3 is 1. The Balaban J connectivity index is 1.93. The third kappa shape index (κ3) is 3.49. The van der Waals surface area contributed by atoms with Gasteiger partial charge in [-0.1, -0.05) is 0 Å². The summed E-state index contributed by atoms with van der Waals surface area (Å²) in [4.78, 5) is 11.6. The molecule has 25 heavy (non-hydrogen) atoms. The standard InChI is InChI=1S/C19H24N2O4/c1-12-9-14(10-16(20)19(22)23-3)13(2)21(12)15-5-6-17-18(11-15)25-8-4-7-24-17/h5-6,9,11,16H,4,7-8,10,20H2,1-3H3.